The minimum atomic E-state index is -0.0810. The number of hydrogen-bond donors (Lipinski definition) is 1. The van der Waals surface area contributed by atoms with E-state index in [2.05, 4.69) is 200 Å². The van der Waals surface area contributed by atoms with E-state index in [4.69, 9.17) is 0 Å². The van der Waals surface area contributed by atoms with Gasteiger partial charge in [-0.05, 0) is 110 Å². The fourth-order valence-electron chi connectivity index (χ4n) is 9.75. The van der Waals surface area contributed by atoms with Gasteiger partial charge in [0.05, 0.1) is 5.52 Å². The molecule has 2 aliphatic rings. The number of benzene rings is 7. The quantitative estimate of drug-likeness (QED) is 0.178. The van der Waals surface area contributed by atoms with Crippen LogP contribution in [0.1, 0.15) is 77.6 Å². The fourth-order valence-corrected chi connectivity index (χ4v) is 10.9. The van der Waals surface area contributed by atoms with Crippen molar-refractivity contribution in [3.8, 4) is 27.9 Å². The number of anilines is 2. The lowest BCUT2D eigenvalue weighted by atomic mass is 9.59. The van der Waals surface area contributed by atoms with Crippen LogP contribution in [0.3, 0.4) is 0 Å². The van der Waals surface area contributed by atoms with Crippen molar-refractivity contribution in [1.82, 2.24) is 4.57 Å². The normalized spacial score (nSPS) is 14.2. The Bertz CT molecular complexity index is 3160. The van der Waals surface area contributed by atoms with Crippen molar-refractivity contribution in [3.05, 3.63) is 150 Å². The smallest absolute Gasteiger partial charge is 0.197 e. The average molecular weight is 754 g/mol. The molecule has 1 radical (unpaired) electrons. The number of aromatic nitrogens is 1. The first-order valence-corrected chi connectivity index (χ1v) is 21.2. The van der Waals surface area contributed by atoms with E-state index >= 15 is 0 Å². The van der Waals surface area contributed by atoms with Gasteiger partial charge in [-0.15, -0.1) is 11.3 Å². The first-order chi connectivity index (χ1) is 27.3. The van der Waals surface area contributed by atoms with Crippen LogP contribution in [0.25, 0.3) is 69.9 Å². The Morgan fingerprint density at radius 2 is 1.30 bits per heavy atom. The van der Waals surface area contributed by atoms with Gasteiger partial charge in [-0.2, -0.15) is 0 Å². The van der Waals surface area contributed by atoms with Crippen LogP contribution in [-0.4, -0.2) is 11.8 Å². The third-order valence-corrected chi connectivity index (χ3v) is 14.1. The molecule has 1 aliphatic carbocycles. The van der Waals surface area contributed by atoms with Gasteiger partial charge in [0.25, 0.3) is 0 Å². The van der Waals surface area contributed by atoms with Gasteiger partial charge in [-0.1, -0.05) is 134 Å². The molecule has 0 saturated heterocycles. The molecule has 0 unspecified atom stereocenters. The zero-order valence-corrected chi connectivity index (χ0v) is 34.9. The lowest BCUT2D eigenvalue weighted by Crippen LogP contribution is -2.37. The van der Waals surface area contributed by atoms with Gasteiger partial charge in [-0.3, -0.25) is 0 Å². The molecule has 57 heavy (non-hydrogen) atoms. The third-order valence-electron chi connectivity index (χ3n) is 12.9. The second-order valence-corrected chi connectivity index (χ2v) is 20.0. The number of nitrogens with one attached hydrogen (secondary N) is 1. The van der Waals surface area contributed by atoms with Gasteiger partial charge in [-0.25, -0.2) is 0 Å². The summed E-state index contributed by atoms with van der Waals surface area (Å²) >= 11 is 1.89. The van der Waals surface area contributed by atoms with E-state index < -0.39 is 0 Å². The maximum absolute atomic E-state index is 3.87. The Kier molecular flexibility index (Phi) is 7.14. The molecule has 2 aromatic heterocycles. The molecule has 0 saturated carbocycles. The average Bonchev–Trinajstić information content (AvgIpc) is 3.79. The zero-order valence-electron chi connectivity index (χ0n) is 34.1. The standard InChI is InChI=1S/C53H46BN2S/c1-51(2,3)30-17-20-32(21-18-30)55-44-24-19-31(52(4,5)6)25-38(44)35-22-23-36-39-26-42-37(33-13-9-11-15-41(33)53(42,7)8)27-45(39)56-46-28-40-34-14-10-12-16-47(34)57-48(40)29-43(46)54-49(35)50(36)56/h9-29,55H,1-8H3. The first-order valence-electron chi connectivity index (χ1n) is 20.3. The molecule has 0 amide bonds. The summed E-state index contributed by atoms with van der Waals surface area (Å²) in [5, 5.41) is 9.14. The summed E-state index contributed by atoms with van der Waals surface area (Å²) < 4.78 is 5.26. The van der Waals surface area contributed by atoms with E-state index in [9.17, 15) is 0 Å². The highest BCUT2D eigenvalue weighted by atomic mass is 32.1. The molecule has 9 aromatic rings. The van der Waals surface area contributed by atoms with Crippen LogP contribution in [-0.2, 0) is 16.2 Å². The largest absolute Gasteiger partial charge is 0.355 e. The third kappa shape index (κ3) is 5.09. The molecule has 0 bridgehead atoms. The lowest BCUT2D eigenvalue weighted by molar-refractivity contribution is 0.590. The van der Waals surface area contributed by atoms with Crippen LogP contribution in [0.5, 0.6) is 0 Å². The minimum absolute atomic E-state index is 0.00930. The van der Waals surface area contributed by atoms with E-state index in [1.54, 1.807) is 0 Å². The van der Waals surface area contributed by atoms with E-state index in [-0.39, 0.29) is 16.2 Å². The predicted octanol–water partition coefficient (Wildman–Crippen LogP) is 13.4. The molecule has 277 valence electrons. The van der Waals surface area contributed by atoms with Crippen LogP contribution >= 0.6 is 11.3 Å². The van der Waals surface area contributed by atoms with E-state index in [0.717, 1.165) is 11.4 Å². The molecule has 2 nitrogen and oxygen atoms in total. The van der Waals surface area contributed by atoms with Gasteiger partial charge >= 0.3 is 0 Å². The van der Waals surface area contributed by atoms with E-state index in [1.807, 2.05) is 11.3 Å². The Balaban J connectivity index is 1.20. The van der Waals surface area contributed by atoms with Crippen LogP contribution in [0.4, 0.5) is 11.4 Å². The summed E-state index contributed by atoms with van der Waals surface area (Å²) in [6.07, 6.45) is 0. The molecule has 0 atom stereocenters. The number of nitrogens with zero attached hydrogens (tertiary/aromatic N) is 1. The van der Waals surface area contributed by atoms with E-state index in [1.165, 1.54) is 103 Å². The van der Waals surface area contributed by atoms with Gasteiger partial charge in [0.1, 0.15) is 0 Å². The zero-order chi connectivity index (χ0) is 39.2. The highest BCUT2D eigenvalue weighted by Crippen LogP contribution is 2.51. The van der Waals surface area contributed by atoms with Crippen LogP contribution in [0, 0.1) is 0 Å². The summed E-state index contributed by atoms with van der Waals surface area (Å²) in [4.78, 5) is 0. The van der Waals surface area contributed by atoms with Crippen molar-refractivity contribution >= 4 is 82.9 Å². The molecule has 4 heteroatoms. The number of rotatable bonds is 3. The molecule has 11 rings (SSSR count). The Morgan fingerprint density at radius 3 is 2.09 bits per heavy atom. The lowest BCUT2D eigenvalue weighted by Gasteiger charge is -2.26. The molecule has 0 fully saturated rings. The van der Waals surface area contributed by atoms with Gasteiger partial charge in [0.2, 0.25) is 0 Å². The summed E-state index contributed by atoms with van der Waals surface area (Å²) in [5.41, 5.74) is 19.2. The summed E-state index contributed by atoms with van der Waals surface area (Å²) in [7, 11) is 2.48. The number of hydrogen-bond acceptors (Lipinski definition) is 2. The van der Waals surface area contributed by atoms with Gasteiger partial charge in [0.15, 0.2) is 7.28 Å². The second-order valence-electron chi connectivity index (χ2n) is 19.0. The highest BCUT2D eigenvalue weighted by molar-refractivity contribution is 7.26. The maximum atomic E-state index is 3.87. The topological polar surface area (TPSA) is 17.0 Å². The molecule has 7 aromatic carbocycles. The second kappa shape index (κ2) is 11.7. The maximum Gasteiger partial charge on any atom is 0.197 e. The summed E-state index contributed by atoms with van der Waals surface area (Å²) in [6.45, 7) is 18.5. The number of thiophene rings is 1. The number of fused-ring (bicyclic) bond motifs is 11. The van der Waals surface area contributed by atoms with Crippen LogP contribution in [0.2, 0.25) is 0 Å². The molecule has 1 N–H and O–H groups in total. The van der Waals surface area contributed by atoms with Crippen LogP contribution in [0.15, 0.2) is 127 Å². The van der Waals surface area contributed by atoms with Crippen LogP contribution < -0.4 is 16.2 Å². The molecule has 0 spiro atoms. The van der Waals surface area contributed by atoms with Crippen molar-refractivity contribution in [2.75, 3.05) is 5.32 Å². The monoisotopic (exact) mass is 753 g/mol. The Morgan fingerprint density at radius 1 is 0.561 bits per heavy atom. The van der Waals surface area contributed by atoms with E-state index in [0.29, 0.717) is 0 Å². The van der Waals surface area contributed by atoms with Gasteiger partial charge in [0, 0.05) is 64.5 Å². The molecule has 1 aliphatic heterocycles. The Labute approximate surface area is 340 Å². The summed E-state index contributed by atoms with van der Waals surface area (Å²) in [6, 6.07) is 48.6. The van der Waals surface area contributed by atoms with Crippen molar-refractivity contribution in [3.63, 3.8) is 0 Å². The molecular weight excluding hydrogens is 707 g/mol. The highest BCUT2D eigenvalue weighted by Gasteiger charge is 2.37. The molecule has 3 heterocycles. The first kappa shape index (κ1) is 34.7. The van der Waals surface area contributed by atoms with Gasteiger partial charge < -0.3 is 9.88 Å². The van der Waals surface area contributed by atoms with Crippen molar-refractivity contribution in [2.24, 2.45) is 0 Å². The van der Waals surface area contributed by atoms with Crippen molar-refractivity contribution in [1.29, 1.82) is 0 Å². The van der Waals surface area contributed by atoms with Crippen molar-refractivity contribution in [2.45, 2.75) is 71.6 Å². The molecular formula is C53H46BN2S. The van der Waals surface area contributed by atoms with Crippen molar-refractivity contribution < 1.29 is 0 Å². The Hall–Kier alpha value is -5.58. The SMILES string of the molecule is CC(C)(C)c1ccc(Nc2ccc(C(C)(C)C)cc2-c2ccc3c4cc5c(cc4n4c3c2[B]c2cc3sc6ccccc6c3cc2-4)-c2ccccc2C5(C)C)cc1. The summed E-state index contributed by atoms with van der Waals surface area (Å²) in [5.74, 6) is 0. The fraction of sp³-hybridized carbons (Fsp3) is 0.208. The minimum Gasteiger partial charge on any atom is -0.355 e. The predicted molar refractivity (Wildman–Crippen MR) is 249 cm³/mol.